The van der Waals surface area contributed by atoms with Crippen molar-refractivity contribution in [2.24, 2.45) is 5.92 Å². The Morgan fingerprint density at radius 2 is 2.25 bits per heavy atom. The smallest absolute Gasteiger partial charge is 0.239 e. The van der Waals surface area contributed by atoms with Gasteiger partial charge in [0.25, 0.3) is 0 Å². The summed E-state index contributed by atoms with van der Waals surface area (Å²) in [5.74, 6) is 1.24. The molecular formula is C12H19N3O. The first-order valence-electron chi connectivity index (χ1n) is 5.51. The molecule has 0 saturated carbocycles. The van der Waals surface area contributed by atoms with Crippen molar-refractivity contribution in [3.05, 3.63) is 23.9 Å². The molecule has 1 aromatic rings. The quantitative estimate of drug-likeness (QED) is 0.793. The summed E-state index contributed by atoms with van der Waals surface area (Å²) in [6.07, 6.45) is 1.71. The SMILES string of the molecule is Cc1cccnc1NCC(=O)NCC(C)C. The first-order valence-corrected chi connectivity index (χ1v) is 5.51. The van der Waals surface area contributed by atoms with Gasteiger partial charge >= 0.3 is 0 Å². The van der Waals surface area contributed by atoms with Crippen molar-refractivity contribution in [1.29, 1.82) is 0 Å². The van der Waals surface area contributed by atoms with Crippen LogP contribution in [0.2, 0.25) is 0 Å². The van der Waals surface area contributed by atoms with Gasteiger partial charge in [0, 0.05) is 12.7 Å². The van der Waals surface area contributed by atoms with Gasteiger partial charge in [-0.15, -0.1) is 0 Å². The van der Waals surface area contributed by atoms with E-state index in [0.29, 0.717) is 12.5 Å². The van der Waals surface area contributed by atoms with Gasteiger partial charge < -0.3 is 10.6 Å². The van der Waals surface area contributed by atoms with Crippen molar-refractivity contribution in [3.8, 4) is 0 Å². The maximum Gasteiger partial charge on any atom is 0.239 e. The molecule has 0 aromatic carbocycles. The van der Waals surface area contributed by atoms with Crippen molar-refractivity contribution in [2.75, 3.05) is 18.4 Å². The summed E-state index contributed by atoms with van der Waals surface area (Å²) in [5, 5.41) is 5.86. The first kappa shape index (κ1) is 12.5. The Balaban J connectivity index is 2.35. The number of hydrogen-bond acceptors (Lipinski definition) is 3. The molecule has 0 saturated heterocycles. The molecular weight excluding hydrogens is 202 g/mol. The highest BCUT2D eigenvalue weighted by molar-refractivity contribution is 5.80. The van der Waals surface area contributed by atoms with E-state index in [1.165, 1.54) is 0 Å². The Bertz CT molecular complexity index is 350. The molecule has 4 heteroatoms. The van der Waals surface area contributed by atoms with Crippen molar-refractivity contribution in [1.82, 2.24) is 10.3 Å². The van der Waals surface area contributed by atoms with E-state index in [4.69, 9.17) is 0 Å². The highest BCUT2D eigenvalue weighted by atomic mass is 16.1. The lowest BCUT2D eigenvalue weighted by Crippen LogP contribution is -2.32. The minimum Gasteiger partial charge on any atom is -0.361 e. The van der Waals surface area contributed by atoms with Gasteiger partial charge in [0.2, 0.25) is 5.91 Å². The van der Waals surface area contributed by atoms with Crippen LogP contribution in [0.1, 0.15) is 19.4 Å². The number of pyridine rings is 1. The van der Waals surface area contributed by atoms with Crippen LogP contribution in [0.25, 0.3) is 0 Å². The maximum atomic E-state index is 11.4. The fourth-order valence-corrected chi connectivity index (χ4v) is 1.22. The molecule has 16 heavy (non-hydrogen) atoms. The topological polar surface area (TPSA) is 54.0 Å². The zero-order chi connectivity index (χ0) is 12.0. The molecule has 1 amide bonds. The molecule has 1 rings (SSSR count). The van der Waals surface area contributed by atoms with Gasteiger partial charge in [-0.3, -0.25) is 4.79 Å². The molecule has 1 heterocycles. The zero-order valence-corrected chi connectivity index (χ0v) is 10.1. The largest absolute Gasteiger partial charge is 0.361 e. The van der Waals surface area contributed by atoms with Gasteiger partial charge in [0.05, 0.1) is 6.54 Å². The Morgan fingerprint density at radius 3 is 2.88 bits per heavy atom. The lowest BCUT2D eigenvalue weighted by atomic mass is 10.2. The van der Waals surface area contributed by atoms with Crippen LogP contribution in [0.4, 0.5) is 5.82 Å². The third-order valence-corrected chi connectivity index (χ3v) is 2.13. The normalized spacial score (nSPS) is 10.2. The summed E-state index contributed by atoms with van der Waals surface area (Å²) < 4.78 is 0. The van der Waals surface area contributed by atoms with E-state index in [9.17, 15) is 4.79 Å². The number of carbonyl (C=O) groups excluding carboxylic acids is 1. The van der Waals surface area contributed by atoms with Crippen molar-refractivity contribution >= 4 is 11.7 Å². The lowest BCUT2D eigenvalue weighted by Gasteiger charge is -2.10. The van der Waals surface area contributed by atoms with Crippen molar-refractivity contribution in [2.45, 2.75) is 20.8 Å². The van der Waals surface area contributed by atoms with Crippen molar-refractivity contribution in [3.63, 3.8) is 0 Å². The molecule has 0 aliphatic rings. The number of carbonyl (C=O) groups is 1. The molecule has 0 radical (unpaired) electrons. The molecule has 88 valence electrons. The van der Waals surface area contributed by atoms with Gasteiger partial charge in [-0.25, -0.2) is 4.98 Å². The van der Waals surface area contributed by atoms with Crippen LogP contribution in [0.5, 0.6) is 0 Å². The molecule has 0 aliphatic carbocycles. The van der Waals surface area contributed by atoms with Gasteiger partial charge in [-0.05, 0) is 24.5 Å². The van der Waals surface area contributed by atoms with Gasteiger partial charge in [0.15, 0.2) is 0 Å². The fourth-order valence-electron chi connectivity index (χ4n) is 1.22. The summed E-state index contributed by atoms with van der Waals surface area (Å²) >= 11 is 0. The van der Waals surface area contributed by atoms with Gasteiger partial charge in [-0.2, -0.15) is 0 Å². The van der Waals surface area contributed by atoms with Gasteiger partial charge in [0.1, 0.15) is 5.82 Å². The third-order valence-electron chi connectivity index (χ3n) is 2.13. The van der Waals surface area contributed by atoms with Crippen LogP contribution in [0, 0.1) is 12.8 Å². The second-order valence-corrected chi connectivity index (χ2v) is 4.22. The number of nitrogens with zero attached hydrogens (tertiary/aromatic N) is 1. The van der Waals surface area contributed by atoms with Crippen LogP contribution in [-0.4, -0.2) is 24.0 Å². The molecule has 0 aliphatic heterocycles. The van der Waals surface area contributed by atoms with E-state index in [2.05, 4.69) is 29.5 Å². The molecule has 1 aromatic heterocycles. The van der Waals surface area contributed by atoms with Crippen LogP contribution in [0.15, 0.2) is 18.3 Å². The molecule has 4 nitrogen and oxygen atoms in total. The minimum absolute atomic E-state index is 0.00115. The first-order chi connectivity index (χ1) is 7.59. The summed E-state index contributed by atoms with van der Waals surface area (Å²) in [4.78, 5) is 15.6. The molecule has 0 bridgehead atoms. The fraction of sp³-hybridized carbons (Fsp3) is 0.500. The summed E-state index contributed by atoms with van der Waals surface area (Å²) in [5.41, 5.74) is 1.04. The number of amides is 1. The molecule has 0 unspecified atom stereocenters. The summed E-state index contributed by atoms with van der Waals surface area (Å²) in [6.45, 7) is 7.07. The minimum atomic E-state index is -0.00115. The predicted octanol–water partition coefficient (Wildman–Crippen LogP) is 1.57. The van der Waals surface area contributed by atoms with E-state index in [1.54, 1.807) is 6.20 Å². The molecule has 0 atom stereocenters. The monoisotopic (exact) mass is 221 g/mol. The van der Waals surface area contributed by atoms with E-state index < -0.39 is 0 Å². The predicted molar refractivity (Wildman–Crippen MR) is 65.3 cm³/mol. The number of nitrogens with one attached hydrogen (secondary N) is 2. The van der Waals surface area contributed by atoms with Crippen LogP contribution >= 0.6 is 0 Å². The van der Waals surface area contributed by atoms with Crippen LogP contribution in [-0.2, 0) is 4.79 Å². The lowest BCUT2D eigenvalue weighted by molar-refractivity contribution is -0.119. The Labute approximate surface area is 96.5 Å². The van der Waals surface area contributed by atoms with E-state index in [0.717, 1.165) is 11.4 Å². The summed E-state index contributed by atoms with van der Waals surface area (Å²) in [7, 11) is 0. The average Bonchev–Trinajstić information content (AvgIpc) is 2.25. The second-order valence-electron chi connectivity index (χ2n) is 4.22. The number of aromatic nitrogens is 1. The molecule has 0 fully saturated rings. The highest BCUT2D eigenvalue weighted by Gasteiger charge is 2.03. The Morgan fingerprint density at radius 1 is 1.50 bits per heavy atom. The third kappa shape index (κ3) is 4.29. The number of anilines is 1. The maximum absolute atomic E-state index is 11.4. The Hall–Kier alpha value is -1.58. The van der Waals surface area contributed by atoms with E-state index in [1.807, 2.05) is 19.1 Å². The standard InChI is InChI=1S/C12H19N3O/c1-9(2)7-14-11(16)8-15-12-10(3)5-4-6-13-12/h4-6,9H,7-8H2,1-3H3,(H,13,15)(H,14,16). The highest BCUT2D eigenvalue weighted by Crippen LogP contribution is 2.07. The Kier molecular flexibility index (Phi) is 4.76. The average molecular weight is 221 g/mol. The molecule has 2 N–H and O–H groups in total. The summed E-state index contributed by atoms with van der Waals surface area (Å²) in [6, 6.07) is 3.83. The number of aryl methyl sites for hydroxylation is 1. The number of hydrogen-bond donors (Lipinski definition) is 2. The van der Waals surface area contributed by atoms with E-state index in [-0.39, 0.29) is 12.5 Å². The van der Waals surface area contributed by atoms with E-state index >= 15 is 0 Å². The zero-order valence-electron chi connectivity index (χ0n) is 10.1. The second kappa shape index (κ2) is 6.10. The van der Waals surface area contributed by atoms with Gasteiger partial charge in [-0.1, -0.05) is 19.9 Å². The van der Waals surface area contributed by atoms with Crippen LogP contribution in [0.3, 0.4) is 0 Å². The van der Waals surface area contributed by atoms with Crippen LogP contribution < -0.4 is 10.6 Å². The van der Waals surface area contributed by atoms with Crippen molar-refractivity contribution < 1.29 is 4.79 Å². The number of rotatable bonds is 5. The molecule has 0 spiro atoms.